The molecule has 3 heteroatoms. The molecule has 0 fully saturated rings. The lowest BCUT2D eigenvalue weighted by atomic mass is 10.0. The topological polar surface area (TPSA) is 29.1 Å². The Morgan fingerprint density at radius 2 is 1.50 bits per heavy atom. The van der Waals surface area contributed by atoms with Gasteiger partial charge in [-0.05, 0) is 28.8 Å². The summed E-state index contributed by atoms with van der Waals surface area (Å²) in [7, 11) is 0. The fourth-order valence-corrected chi connectivity index (χ4v) is 1.98. The van der Waals surface area contributed by atoms with E-state index < -0.39 is 0 Å². The van der Waals surface area contributed by atoms with Crippen molar-refractivity contribution in [1.82, 2.24) is 5.32 Å². The first kappa shape index (κ1) is 14.6. The fourth-order valence-electron chi connectivity index (χ4n) is 1.85. The van der Waals surface area contributed by atoms with Gasteiger partial charge in [-0.2, -0.15) is 0 Å². The molecule has 0 bridgehead atoms. The predicted octanol–water partition coefficient (Wildman–Crippen LogP) is 4.28. The van der Waals surface area contributed by atoms with Gasteiger partial charge >= 0.3 is 0 Å². The van der Waals surface area contributed by atoms with Gasteiger partial charge in [0, 0.05) is 17.5 Å². The molecule has 0 spiro atoms. The second-order valence-electron chi connectivity index (χ2n) is 5.08. The molecule has 2 aromatic rings. The van der Waals surface area contributed by atoms with Gasteiger partial charge in [-0.1, -0.05) is 61.8 Å². The Morgan fingerprint density at radius 3 is 2.00 bits per heavy atom. The Balaban J connectivity index is 2.03. The Hall–Kier alpha value is -1.80. The van der Waals surface area contributed by atoms with Crippen LogP contribution in [0.3, 0.4) is 0 Å². The number of amides is 1. The van der Waals surface area contributed by atoms with Gasteiger partial charge in [0.25, 0.3) is 0 Å². The molecule has 20 heavy (non-hydrogen) atoms. The standard InChI is InChI=1S/C17H18ClNO/c1-12(2)17(20)19-11-13-3-5-14(6-4-13)15-7-9-16(18)10-8-15/h3-10,12H,11H2,1-2H3,(H,19,20). The molecule has 0 saturated carbocycles. The van der Waals surface area contributed by atoms with Crippen LogP contribution in [0.25, 0.3) is 11.1 Å². The first-order valence-electron chi connectivity index (χ1n) is 6.69. The van der Waals surface area contributed by atoms with E-state index in [4.69, 9.17) is 11.6 Å². The van der Waals surface area contributed by atoms with E-state index in [-0.39, 0.29) is 11.8 Å². The minimum Gasteiger partial charge on any atom is -0.352 e. The minimum atomic E-state index is 0.0170. The summed E-state index contributed by atoms with van der Waals surface area (Å²) in [5, 5.41) is 3.65. The molecule has 0 radical (unpaired) electrons. The smallest absolute Gasteiger partial charge is 0.222 e. The summed E-state index contributed by atoms with van der Waals surface area (Å²) in [5.41, 5.74) is 3.37. The molecule has 0 unspecified atom stereocenters. The molecule has 0 saturated heterocycles. The van der Waals surface area contributed by atoms with Crippen LogP contribution in [0, 0.1) is 5.92 Å². The largest absolute Gasteiger partial charge is 0.352 e. The van der Waals surface area contributed by atoms with Crippen LogP contribution in [0.15, 0.2) is 48.5 Å². The molecular formula is C17H18ClNO. The van der Waals surface area contributed by atoms with Crippen molar-refractivity contribution in [2.45, 2.75) is 20.4 Å². The van der Waals surface area contributed by atoms with Crippen molar-refractivity contribution >= 4 is 17.5 Å². The normalized spacial score (nSPS) is 10.6. The van der Waals surface area contributed by atoms with Crippen molar-refractivity contribution in [3.8, 4) is 11.1 Å². The predicted molar refractivity (Wildman–Crippen MR) is 83.6 cm³/mol. The maximum absolute atomic E-state index is 11.5. The highest BCUT2D eigenvalue weighted by atomic mass is 35.5. The van der Waals surface area contributed by atoms with E-state index in [9.17, 15) is 4.79 Å². The highest BCUT2D eigenvalue weighted by molar-refractivity contribution is 6.30. The van der Waals surface area contributed by atoms with Crippen LogP contribution >= 0.6 is 11.6 Å². The summed E-state index contributed by atoms with van der Waals surface area (Å²) < 4.78 is 0. The summed E-state index contributed by atoms with van der Waals surface area (Å²) in [6, 6.07) is 15.9. The minimum absolute atomic E-state index is 0.0170. The molecule has 2 nitrogen and oxygen atoms in total. The van der Waals surface area contributed by atoms with Crippen LogP contribution < -0.4 is 5.32 Å². The van der Waals surface area contributed by atoms with E-state index in [0.717, 1.165) is 21.7 Å². The van der Waals surface area contributed by atoms with Crippen LogP contribution in [0.2, 0.25) is 5.02 Å². The van der Waals surface area contributed by atoms with Crippen molar-refractivity contribution in [3.05, 3.63) is 59.1 Å². The number of carbonyl (C=O) groups excluding carboxylic acids is 1. The lowest BCUT2D eigenvalue weighted by molar-refractivity contribution is -0.124. The molecule has 0 aromatic heterocycles. The number of benzene rings is 2. The summed E-state index contributed by atoms with van der Waals surface area (Å²) >= 11 is 5.88. The molecule has 0 aliphatic carbocycles. The van der Waals surface area contributed by atoms with Crippen LogP contribution in [-0.2, 0) is 11.3 Å². The van der Waals surface area contributed by atoms with E-state index >= 15 is 0 Å². The zero-order valence-electron chi connectivity index (χ0n) is 11.7. The van der Waals surface area contributed by atoms with Gasteiger partial charge in [-0.25, -0.2) is 0 Å². The van der Waals surface area contributed by atoms with Gasteiger partial charge in [0.2, 0.25) is 5.91 Å². The van der Waals surface area contributed by atoms with Gasteiger partial charge in [-0.15, -0.1) is 0 Å². The SMILES string of the molecule is CC(C)C(=O)NCc1ccc(-c2ccc(Cl)cc2)cc1. The van der Waals surface area contributed by atoms with E-state index in [1.165, 1.54) is 0 Å². The molecule has 0 aliphatic rings. The van der Waals surface area contributed by atoms with Crippen molar-refractivity contribution in [2.75, 3.05) is 0 Å². The molecule has 0 heterocycles. The van der Waals surface area contributed by atoms with E-state index in [0.29, 0.717) is 6.54 Å². The quantitative estimate of drug-likeness (QED) is 0.893. The molecule has 0 aliphatic heterocycles. The number of carbonyl (C=O) groups is 1. The number of nitrogens with one attached hydrogen (secondary N) is 1. The van der Waals surface area contributed by atoms with Gasteiger partial charge in [0.15, 0.2) is 0 Å². The van der Waals surface area contributed by atoms with Gasteiger partial charge in [-0.3, -0.25) is 4.79 Å². The monoisotopic (exact) mass is 287 g/mol. The highest BCUT2D eigenvalue weighted by Crippen LogP contribution is 2.21. The maximum atomic E-state index is 11.5. The Labute approximate surface area is 124 Å². The second kappa shape index (κ2) is 6.58. The number of halogens is 1. The third-order valence-corrected chi connectivity index (χ3v) is 3.37. The average molecular weight is 288 g/mol. The third kappa shape index (κ3) is 3.84. The summed E-state index contributed by atoms with van der Waals surface area (Å²) in [4.78, 5) is 11.5. The molecule has 2 aromatic carbocycles. The Bertz CT molecular complexity index is 573. The number of rotatable bonds is 4. The first-order chi connectivity index (χ1) is 9.56. The van der Waals surface area contributed by atoms with Gasteiger partial charge in [0.1, 0.15) is 0 Å². The summed E-state index contributed by atoms with van der Waals surface area (Å²) in [6.07, 6.45) is 0. The van der Waals surface area contributed by atoms with E-state index in [2.05, 4.69) is 17.4 Å². The molecule has 104 valence electrons. The molecule has 1 N–H and O–H groups in total. The van der Waals surface area contributed by atoms with E-state index in [1.807, 2.05) is 50.2 Å². The second-order valence-corrected chi connectivity index (χ2v) is 5.51. The Kier molecular flexibility index (Phi) is 4.80. The third-order valence-electron chi connectivity index (χ3n) is 3.12. The fraction of sp³-hybridized carbons (Fsp3) is 0.235. The van der Waals surface area contributed by atoms with Gasteiger partial charge < -0.3 is 5.32 Å². The van der Waals surface area contributed by atoms with Crippen LogP contribution in [0.4, 0.5) is 0 Å². The molecular weight excluding hydrogens is 270 g/mol. The van der Waals surface area contributed by atoms with Crippen LogP contribution in [-0.4, -0.2) is 5.91 Å². The molecule has 1 amide bonds. The molecule has 2 rings (SSSR count). The zero-order chi connectivity index (χ0) is 14.5. The van der Waals surface area contributed by atoms with Crippen molar-refractivity contribution in [1.29, 1.82) is 0 Å². The lowest BCUT2D eigenvalue weighted by Gasteiger charge is -2.08. The van der Waals surface area contributed by atoms with Gasteiger partial charge in [0.05, 0.1) is 0 Å². The molecule has 0 atom stereocenters. The first-order valence-corrected chi connectivity index (χ1v) is 7.06. The number of hydrogen-bond acceptors (Lipinski definition) is 1. The average Bonchev–Trinajstić information content (AvgIpc) is 2.46. The maximum Gasteiger partial charge on any atom is 0.222 e. The zero-order valence-corrected chi connectivity index (χ0v) is 12.4. The van der Waals surface area contributed by atoms with E-state index in [1.54, 1.807) is 0 Å². The van der Waals surface area contributed by atoms with Crippen LogP contribution in [0.1, 0.15) is 19.4 Å². The van der Waals surface area contributed by atoms with Crippen molar-refractivity contribution < 1.29 is 4.79 Å². The highest BCUT2D eigenvalue weighted by Gasteiger charge is 2.05. The summed E-state index contributed by atoms with van der Waals surface area (Å²) in [5.74, 6) is 0.0927. The number of hydrogen-bond donors (Lipinski definition) is 1. The summed E-state index contributed by atoms with van der Waals surface area (Å²) in [6.45, 7) is 4.34. The van der Waals surface area contributed by atoms with Crippen LogP contribution in [0.5, 0.6) is 0 Å². The Morgan fingerprint density at radius 1 is 1.00 bits per heavy atom. The van der Waals surface area contributed by atoms with Crippen molar-refractivity contribution in [3.63, 3.8) is 0 Å². The van der Waals surface area contributed by atoms with Crippen molar-refractivity contribution in [2.24, 2.45) is 5.92 Å². The lowest BCUT2D eigenvalue weighted by Crippen LogP contribution is -2.27.